The van der Waals surface area contributed by atoms with E-state index in [4.69, 9.17) is 4.52 Å². The van der Waals surface area contributed by atoms with Gasteiger partial charge in [-0.25, -0.2) is 0 Å². The molecule has 1 aromatic heterocycles. The number of fused-ring (bicyclic) bond motifs is 3. The van der Waals surface area contributed by atoms with Gasteiger partial charge in [-0.05, 0) is 25.5 Å². The summed E-state index contributed by atoms with van der Waals surface area (Å²) in [7, 11) is 0. The smallest absolute Gasteiger partial charge is 0.252 e. The summed E-state index contributed by atoms with van der Waals surface area (Å²) in [6, 6.07) is 7.36. The van der Waals surface area contributed by atoms with Crippen LogP contribution in [-0.4, -0.2) is 11.1 Å². The average Bonchev–Trinajstić information content (AvgIpc) is 2.66. The van der Waals surface area contributed by atoms with Gasteiger partial charge >= 0.3 is 0 Å². The second-order valence-electron chi connectivity index (χ2n) is 4.25. The van der Waals surface area contributed by atoms with Gasteiger partial charge in [-0.1, -0.05) is 23.4 Å². The molecular formula is C13H12N2O2. The van der Waals surface area contributed by atoms with Crippen LogP contribution in [0.4, 0.5) is 0 Å². The molecule has 0 fully saturated rings. The maximum absolute atomic E-state index is 12.0. The third-order valence-electron chi connectivity index (χ3n) is 3.07. The Morgan fingerprint density at radius 3 is 2.76 bits per heavy atom. The molecular weight excluding hydrogens is 216 g/mol. The summed E-state index contributed by atoms with van der Waals surface area (Å²) in [4.78, 5) is 12.0. The zero-order chi connectivity index (χ0) is 12.0. The van der Waals surface area contributed by atoms with Gasteiger partial charge in [-0.3, -0.25) is 4.79 Å². The first-order valence-corrected chi connectivity index (χ1v) is 5.55. The second-order valence-corrected chi connectivity index (χ2v) is 4.25. The fourth-order valence-corrected chi connectivity index (χ4v) is 2.25. The summed E-state index contributed by atoms with van der Waals surface area (Å²) in [6.07, 6.45) is 0. The summed E-state index contributed by atoms with van der Waals surface area (Å²) in [5, 5.41) is 6.88. The van der Waals surface area contributed by atoms with Gasteiger partial charge in [0.1, 0.15) is 0 Å². The van der Waals surface area contributed by atoms with Gasteiger partial charge in [0.15, 0.2) is 5.76 Å². The van der Waals surface area contributed by atoms with E-state index in [0.717, 1.165) is 22.6 Å². The number of hydrogen-bond acceptors (Lipinski definition) is 3. The summed E-state index contributed by atoms with van der Waals surface area (Å²) in [5.41, 5.74) is 3.31. The summed E-state index contributed by atoms with van der Waals surface area (Å²) in [6.45, 7) is 3.79. The lowest BCUT2D eigenvalue weighted by Gasteiger charge is -2.07. The number of carbonyl (C=O) groups is 1. The predicted molar refractivity (Wildman–Crippen MR) is 62.6 cm³/mol. The fraction of sp³-hybridized carbons (Fsp3) is 0.231. The van der Waals surface area contributed by atoms with E-state index in [9.17, 15) is 4.79 Å². The van der Waals surface area contributed by atoms with E-state index in [0.29, 0.717) is 5.56 Å². The third-order valence-corrected chi connectivity index (χ3v) is 3.07. The topological polar surface area (TPSA) is 55.1 Å². The number of rotatable bonds is 0. The van der Waals surface area contributed by atoms with Gasteiger partial charge in [0.05, 0.1) is 17.3 Å². The highest BCUT2D eigenvalue weighted by Crippen LogP contribution is 2.35. The molecule has 1 aliphatic heterocycles. The van der Waals surface area contributed by atoms with E-state index < -0.39 is 0 Å². The van der Waals surface area contributed by atoms with Crippen molar-refractivity contribution < 1.29 is 9.32 Å². The fourth-order valence-electron chi connectivity index (χ4n) is 2.25. The van der Waals surface area contributed by atoms with Gasteiger partial charge in [0.2, 0.25) is 0 Å². The minimum absolute atomic E-state index is 0.0705. The standard InChI is InChI=1S/C13H12N2O2/c1-7-11-9-5-3-4-6-10(9)13(16)14-8(2)12(11)17-15-7/h3-6,8H,1-2H3,(H,14,16). The molecule has 0 spiro atoms. The van der Waals surface area contributed by atoms with Crippen molar-refractivity contribution >= 4 is 5.91 Å². The molecule has 0 saturated carbocycles. The Morgan fingerprint density at radius 1 is 1.29 bits per heavy atom. The molecule has 1 atom stereocenters. The number of hydrogen-bond donors (Lipinski definition) is 1. The van der Waals surface area contributed by atoms with Gasteiger partial charge in [0, 0.05) is 5.56 Å². The molecule has 1 amide bonds. The van der Waals surface area contributed by atoms with Crippen LogP contribution in [0.5, 0.6) is 0 Å². The zero-order valence-corrected chi connectivity index (χ0v) is 9.65. The molecule has 17 heavy (non-hydrogen) atoms. The Labute approximate surface area is 98.6 Å². The molecule has 2 heterocycles. The maximum Gasteiger partial charge on any atom is 0.252 e. The van der Waals surface area contributed by atoms with Crippen molar-refractivity contribution in [3.05, 3.63) is 41.3 Å². The molecule has 0 bridgehead atoms. The molecule has 2 aromatic rings. The van der Waals surface area contributed by atoms with Crippen LogP contribution in [0.2, 0.25) is 0 Å². The Balaban J connectivity index is 2.36. The first kappa shape index (κ1) is 10.1. The van der Waals surface area contributed by atoms with Crippen molar-refractivity contribution in [3.63, 3.8) is 0 Å². The molecule has 0 aliphatic carbocycles. The average molecular weight is 228 g/mol. The second kappa shape index (κ2) is 3.45. The van der Waals surface area contributed by atoms with E-state index in [-0.39, 0.29) is 11.9 Å². The SMILES string of the molecule is Cc1noc2c1-c1ccccc1C(=O)NC2C. The molecule has 1 N–H and O–H groups in total. The highest BCUT2D eigenvalue weighted by atomic mass is 16.5. The minimum Gasteiger partial charge on any atom is -0.358 e. The molecule has 3 rings (SSSR count). The van der Waals surface area contributed by atoms with Crippen molar-refractivity contribution in [2.24, 2.45) is 0 Å². The Kier molecular flexibility index (Phi) is 2.04. The van der Waals surface area contributed by atoms with E-state index >= 15 is 0 Å². The van der Waals surface area contributed by atoms with Crippen molar-refractivity contribution in [1.29, 1.82) is 0 Å². The molecule has 1 unspecified atom stereocenters. The number of aryl methyl sites for hydroxylation is 1. The van der Waals surface area contributed by atoms with Gasteiger partial charge in [0.25, 0.3) is 5.91 Å². The lowest BCUT2D eigenvalue weighted by Crippen LogP contribution is -2.24. The number of nitrogens with one attached hydrogen (secondary N) is 1. The van der Waals surface area contributed by atoms with Crippen molar-refractivity contribution in [1.82, 2.24) is 10.5 Å². The van der Waals surface area contributed by atoms with Crippen LogP contribution in [0.1, 0.15) is 34.8 Å². The number of nitrogens with zero attached hydrogens (tertiary/aromatic N) is 1. The number of carbonyl (C=O) groups excluding carboxylic acids is 1. The van der Waals surface area contributed by atoms with Crippen LogP contribution in [0, 0.1) is 6.92 Å². The molecule has 0 radical (unpaired) electrons. The highest BCUT2D eigenvalue weighted by Gasteiger charge is 2.28. The Bertz CT molecular complexity index is 601. The van der Waals surface area contributed by atoms with Gasteiger partial charge in [-0.2, -0.15) is 0 Å². The number of aromatic nitrogens is 1. The van der Waals surface area contributed by atoms with Crippen LogP contribution in [0.3, 0.4) is 0 Å². The lowest BCUT2D eigenvalue weighted by molar-refractivity contribution is 0.0936. The molecule has 4 nitrogen and oxygen atoms in total. The normalized spacial score (nSPS) is 18.0. The Morgan fingerprint density at radius 2 is 2.00 bits per heavy atom. The molecule has 0 saturated heterocycles. The van der Waals surface area contributed by atoms with Crippen LogP contribution in [0.25, 0.3) is 11.1 Å². The Hall–Kier alpha value is -2.10. The monoisotopic (exact) mass is 228 g/mol. The quantitative estimate of drug-likeness (QED) is 0.753. The molecule has 86 valence electrons. The first-order valence-electron chi connectivity index (χ1n) is 5.55. The van der Waals surface area contributed by atoms with Crippen LogP contribution in [-0.2, 0) is 0 Å². The van der Waals surface area contributed by atoms with Gasteiger partial charge < -0.3 is 9.84 Å². The molecule has 4 heteroatoms. The predicted octanol–water partition coefficient (Wildman–Crippen LogP) is 2.45. The summed E-state index contributed by atoms with van der Waals surface area (Å²) < 4.78 is 5.32. The minimum atomic E-state index is -0.161. The zero-order valence-electron chi connectivity index (χ0n) is 9.65. The van der Waals surface area contributed by atoms with Crippen molar-refractivity contribution in [3.8, 4) is 11.1 Å². The van der Waals surface area contributed by atoms with Gasteiger partial charge in [-0.15, -0.1) is 0 Å². The van der Waals surface area contributed by atoms with E-state index in [1.807, 2.05) is 38.1 Å². The molecule has 1 aromatic carbocycles. The number of benzene rings is 1. The van der Waals surface area contributed by atoms with Crippen LogP contribution < -0.4 is 5.32 Å². The highest BCUT2D eigenvalue weighted by molar-refractivity contribution is 6.02. The van der Waals surface area contributed by atoms with E-state index in [2.05, 4.69) is 10.5 Å². The largest absolute Gasteiger partial charge is 0.358 e. The lowest BCUT2D eigenvalue weighted by atomic mass is 9.98. The van der Waals surface area contributed by atoms with E-state index in [1.54, 1.807) is 0 Å². The number of amides is 1. The first-order chi connectivity index (χ1) is 8.18. The van der Waals surface area contributed by atoms with Crippen molar-refractivity contribution in [2.75, 3.05) is 0 Å². The summed E-state index contributed by atoms with van der Waals surface area (Å²) in [5.74, 6) is 0.653. The summed E-state index contributed by atoms with van der Waals surface area (Å²) >= 11 is 0. The van der Waals surface area contributed by atoms with Crippen LogP contribution in [0.15, 0.2) is 28.8 Å². The van der Waals surface area contributed by atoms with E-state index in [1.165, 1.54) is 0 Å². The third kappa shape index (κ3) is 1.37. The van der Waals surface area contributed by atoms with Crippen molar-refractivity contribution in [2.45, 2.75) is 19.9 Å². The maximum atomic E-state index is 12.0. The molecule has 1 aliphatic rings. The van der Waals surface area contributed by atoms with Crippen LogP contribution >= 0.6 is 0 Å².